The van der Waals surface area contributed by atoms with Crippen molar-refractivity contribution in [2.24, 2.45) is 0 Å². The molecular weight excluding hydrogens is 700 g/mol. The van der Waals surface area contributed by atoms with E-state index in [9.17, 15) is 0 Å². The lowest BCUT2D eigenvalue weighted by Crippen LogP contribution is -2.30. The molecule has 0 aliphatic carbocycles. The van der Waals surface area contributed by atoms with Crippen LogP contribution in [0.2, 0.25) is 0 Å². The van der Waals surface area contributed by atoms with Crippen LogP contribution in [0.5, 0.6) is 0 Å². The lowest BCUT2D eigenvalue weighted by Gasteiger charge is -2.25. The van der Waals surface area contributed by atoms with E-state index in [0.717, 1.165) is 79.4 Å². The van der Waals surface area contributed by atoms with Gasteiger partial charge >= 0.3 is 0 Å². The van der Waals surface area contributed by atoms with Gasteiger partial charge in [-0.1, -0.05) is 143 Å². The summed E-state index contributed by atoms with van der Waals surface area (Å²) in [4.78, 5) is 30.4. The van der Waals surface area contributed by atoms with Crippen molar-refractivity contribution in [3.63, 3.8) is 0 Å². The van der Waals surface area contributed by atoms with Crippen molar-refractivity contribution in [1.82, 2.24) is 9.13 Å². The SMILES string of the molecule is CCCCn1c(-c2ccccc2)c(-c2ccc(Br)cc2)c2c(=O)n(CCCC)c(-c3ccccc3)c(-c3ccc(Br)cc3)c2c1=O. The third-order valence-corrected chi connectivity index (χ3v) is 9.57. The monoisotopic (exact) mass is 734 g/mol. The van der Waals surface area contributed by atoms with E-state index < -0.39 is 0 Å². The van der Waals surface area contributed by atoms with Crippen LogP contribution in [0.3, 0.4) is 0 Å². The molecule has 0 amide bonds. The van der Waals surface area contributed by atoms with Gasteiger partial charge in [0.1, 0.15) is 0 Å². The standard InChI is InChI=1S/C40H36Br2N2O2/c1-3-5-25-43-37(29-13-9-7-10-14-29)33(27-17-21-31(41)22-18-27)36-35(39(43)45)34(28-19-23-32(42)24-20-28)38(30-15-11-8-12-16-30)44(40(36)46)26-6-4-2/h7-24H,3-6,25-26H2,1-2H3. The van der Waals surface area contributed by atoms with Gasteiger partial charge in [-0.2, -0.15) is 0 Å². The Kier molecular flexibility index (Phi) is 9.86. The number of halogens is 2. The minimum atomic E-state index is -0.141. The zero-order chi connectivity index (χ0) is 32.2. The molecule has 6 aromatic rings. The van der Waals surface area contributed by atoms with Gasteiger partial charge in [0, 0.05) is 33.2 Å². The van der Waals surface area contributed by atoms with E-state index in [4.69, 9.17) is 0 Å². The molecule has 0 radical (unpaired) electrons. The lowest BCUT2D eigenvalue weighted by molar-refractivity contribution is 0.617. The summed E-state index contributed by atoms with van der Waals surface area (Å²) in [6.07, 6.45) is 3.52. The van der Waals surface area contributed by atoms with Crippen LogP contribution in [0.15, 0.2) is 128 Å². The average molecular weight is 737 g/mol. The van der Waals surface area contributed by atoms with Crippen LogP contribution >= 0.6 is 31.9 Å². The van der Waals surface area contributed by atoms with Gasteiger partial charge in [0.05, 0.1) is 22.2 Å². The first-order valence-electron chi connectivity index (χ1n) is 15.9. The normalized spacial score (nSPS) is 11.3. The summed E-state index contributed by atoms with van der Waals surface area (Å²) in [5, 5.41) is 0.931. The molecule has 46 heavy (non-hydrogen) atoms. The van der Waals surface area contributed by atoms with Crippen molar-refractivity contribution in [2.75, 3.05) is 0 Å². The Balaban J connectivity index is 1.94. The van der Waals surface area contributed by atoms with Crippen molar-refractivity contribution < 1.29 is 0 Å². The molecule has 0 fully saturated rings. The molecule has 0 atom stereocenters. The van der Waals surface area contributed by atoms with Crippen LogP contribution in [0, 0.1) is 0 Å². The molecule has 2 heterocycles. The van der Waals surface area contributed by atoms with Gasteiger partial charge in [0.2, 0.25) is 0 Å². The fraction of sp³-hybridized carbons (Fsp3) is 0.200. The molecule has 6 rings (SSSR count). The lowest BCUT2D eigenvalue weighted by atomic mass is 9.88. The number of pyridine rings is 2. The molecule has 2 aromatic heterocycles. The Labute approximate surface area is 286 Å². The van der Waals surface area contributed by atoms with Gasteiger partial charge in [0.25, 0.3) is 11.1 Å². The Morgan fingerprint density at radius 2 is 0.826 bits per heavy atom. The summed E-state index contributed by atoms with van der Waals surface area (Å²) in [6.45, 7) is 5.35. The van der Waals surface area contributed by atoms with Crippen molar-refractivity contribution in [2.45, 2.75) is 52.6 Å². The molecule has 0 aliphatic rings. The highest BCUT2D eigenvalue weighted by Crippen LogP contribution is 2.42. The molecule has 0 saturated heterocycles. The fourth-order valence-corrected chi connectivity index (χ4v) is 6.83. The molecule has 0 spiro atoms. The minimum Gasteiger partial charge on any atom is -0.307 e. The zero-order valence-electron chi connectivity index (χ0n) is 26.1. The van der Waals surface area contributed by atoms with Crippen LogP contribution in [-0.2, 0) is 13.1 Å². The van der Waals surface area contributed by atoms with Gasteiger partial charge in [-0.15, -0.1) is 0 Å². The maximum absolute atomic E-state index is 15.2. The summed E-state index contributed by atoms with van der Waals surface area (Å²) in [5.41, 5.74) is 6.46. The number of unbranched alkanes of at least 4 members (excludes halogenated alkanes) is 2. The highest BCUT2D eigenvalue weighted by Gasteiger charge is 2.28. The first-order chi connectivity index (χ1) is 22.4. The second-order valence-electron chi connectivity index (χ2n) is 11.6. The highest BCUT2D eigenvalue weighted by molar-refractivity contribution is 9.10. The van der Waals surface area contributed by atoms with Gasteiger partial charge in [-0.25, -0.2) is 0 Å². The van der Waals surface area contributed by atoms with Crippen LogP contribution in [0.25, 0.3) is 55.5 Å². The third-order valence-electron chi connectivity index (χ3n) is 8.51. The summed E-state index contributed by atoms with van der Waals surface area (Å²) in [5.74, 6) is 0. The van der Waals surface area contributed by atoms with Crippen molar-refractivity contribution in [3.8, 4) is 44.8 Å². The van der Waals surface area contributed by atoms with E-state index in [1.807, 2.05) is 118 Å². The van der Waals surface area contributed by atoms with E-state index in [0.29, 0.717) is 23.9 Å². The predicted octanol–water partition coefficient (Wildman–Crippen LogP) is 11.0. The second-order valence-corrected chi connectivity index (χ2v) is 13.4. The van der Waals surface area contributed by atoms with E-state index in [-0.39, 0.29) is 11.1 Å². The third kappa shape index (κ3) is 6.08. The van der Waals surface area contributed by atoms with Crippen molar-refractivity contribution in [1.29, 1.82) is 0 Å². The molecule has 6 heteroatoms. The minimum absolute atomic E-state index is 0.141. The molecule has 0 aliphatic heterocycles. The summed E-state index contributed by atoms with van der Waals surface area (Å²) < 4.78 is 5.74. The Bertz CT molecular complexity index is 1950. The molecule has 0 bridgehead atoms. The number of aromatic nitrogens is 2. The topological polar surface area (TPSA) is 44.0 Å². The maximum Gasteiger partial charge on any atom is 0.259 e. The zero-order valence-corrected chi connectivity index (χ0v) is 29.3. The largest absolute Gasteiger partial charge is 0.307 e. The molecule has 0 saturated carbocycles. The predicted molar refractivity (Wildman–Crippen MR) is 199 cm³/mol. The van der Waals surface area contributed by atoms with Gasteiger partial charge in [-0.05, 0) is 59.4 Å². The fourth-order valence-electron chi connectivity index (χ4n) is 6.30. The average Bonchev–Trinajstić information content (AvgIpc) is 3.09. The van der Waals surface area contributed by atoms with Gasteiger partial charge < -0.3 is 9.13 Å². The van der Waals surface area contributed by atoms with Crippen LogP contribution in [0.1, 0.15) is 39.5 Å². The number of nitrogens with zero attached hydrogens (tertiary/aromatic N) is 2. The number of hydrogen-bond donors (Lipinski definition) is 0. The van der Waals surface area contributed by atoms with Gasteiger partial charge in [-0.3, -0.25) is 9.59 Å². The smallest absolute Gasteiger partial charge is 0.259 e. The molecule has 232 valence electrons. The number of hydrogen-bond acceptors (Lipinski definition) is 2. The van der Waals surface area contributed by atoms with E-state index in [1.165, 1.54) is 0 Å². The second kappa shape index (κ2) is 14.2. The Morgan fingerprint density at radius 3 is 1.15 bits per heavy atom. The van der Waals surface area contributed by atoms with Crippen molar-refractivity contribution in [3.05, 3.63) is 139 Å². The molecule has 4 aromatic carbocycles. The summed E-state index contributed by atoms with van der Waals surface area (Å²) in [7, 11) is 0. The molecule has 0 N–H and O–H groups in total. The van der Waals surface area contributed by atoms with Gasteiger partial charge in [0.15, 0.2) is 0 Å². The maximum atomic E-state index is 15.2. The van der Waals surface area contributed by atoms with Crippen LogP contribution < -0.4 is 11.1 Å². The van der Waals surface area contributed by atoms with E-state index in [2.05, 4.69) is 45.7 Å². The highest BCUT2D eigenvalue weighted by atomic mass is 79.9. The molecule has 0 unspecified atom stereocenters. The first kappa shape index (κ1) is 32.0. The van der Waals surface area contributed by atoms with E-state index in [1.54, 1.807) is 0 Å². The summed E-state index contributed by atoms with van der Waals surface area (Å²) in [6, 6.07) is 36.2. The quantitative estimate of drug-likeness (QED) is 0.141. The Morgan fingerprint density at radius 1 is 0.478 bits per heavy atom. The number of fused-ring (bicyclic) bond motifs is 1. The number of benzene rings is 4. The molecule has 4 nitrogen and oxygen atoms in total. The van der Waals surface area contributed by atoms with Crippen LogP contribution in [0.4, 0.5) is 0 Å². The Hall–Kier alpha value is -4.00. The first-order valence-corrected chi connectivity index (χ1v) is 17.5. The van der Waals surface area contributed by atoms with Crippen LogP contribution in [-0.4, -0.2) is 9.13 Å². The summed E-state index contributed by atoms with van der Waals surface area (Å²) >= 11 is 7.21. The molecular formula is C40H36Br2N2O2. The number of rotatable bonds is 10. The van der Waals surface area contributed by atoms with E-state index >= 15 is 9.59 Å². The van der Waals surface area contributed by atoms with Crippen molar-refractivity contribution >= 4 is 42.6 Å².